The molecule has 1 aliphatic rings. The molecule has 0 spiro atoms. The first-order chi connectivity index (χ1) is 9.20. The molecule has 19 heavy (non-hydrogen) atoms. The predicted octanol–water partition coefficient (Wildman–Crippen LogP) is 2.21. The molecule has 1 saturated carbocycles. The van der Waals surface area contributed by atoms with E-state index in [0.717, 1.165) is 31.4 Å². The lowest BCUT2D eigenvalue weighted by atomic mass is 9.76. The fourth-order valence-corrected chi connectivity index (χ4v) is 3.15. The number of nitrogens with two attached hydrogens (primary N) is 1. The zero-order valence-corrected chi connectivity index (χ0v) is 12.2. The second-order valence-corrected chi connectivity index (χ2v) is 5.79. The van der Waals surface area contributed by atoms with E-state index >= 15 is 0 Å². The number of likely N-dealkylation sites (N-methyl/N-ethyl adjacent to an activating group) is 1. The van der Waals surface area contributed by atoms with Gasteiger partial charge >= 0.3 is 0 Å². The van der Waals surface area contributed by atoms with Gasteiger partial charge in [-0.15, -0.1) is 0 Å². The highest BCUT2D eigenvalue weighted by atomic mass is 15.2. The summed E-state index contributed by atoms with van der Waals surface area (Å²) in [7, 11) is 0. The van der Waals surface area contributed by atoms with E-state index in [2.05, 4.69) is 28.7 Å². The van der Waals surface area contributed by atoms with Gasteiger partial charge in [-0.05, 0) is 44.2 Å². The lowest BCUT2D eigenvalue weighted by Gasteiger charge is -2.46. The molecule has 2 rings (SSSR count). The van der Waals surface area contributed by atoms with Gasteiger partial charge in [0.05, 0.1) is 6.54 Å². The average Bonchev–Trinajstić information content (AvgIpc) is 2.47. The van der Waals surface area contributed by atoms with Crippen molar-refractivity contribution < 1.29 is 0 Å². The van der Waals surface area contributed by atoms with Crippen LogP contribution in [0, 0.1) is 5.92 Å². The molecule has 0 saturated heterocycles. The van der Waals surface area contributed by atoms with Gasteiger partial charge in [0.25, 0.3) is 0 Å². The molecule has 1 aliphatic carbocycles. The van der Waals surface area contributed by atoms with E-state index in [1.807, 2.05) is 18.5 Å². The Labute approximate surface area is 116 Å². The summed E-state index contributed by atoms with van der Waals surface area (Å²) in [4.78, 5) is 11.2. The molecule has 106 valence electrons. The molecule has 0 aromatic carbocycles. The lowest BCUT2D eigenvalue weighted by molar-refractivity contribution is 0.0403. The molecule has 4 nitrogen and oxygen atoms in total. The van der Waals surface area contributed by atoms with Gasteiger partial charge in [-0.3, -0.25) is 4.90 Å². The summed E-state index contributed by atoms with van der Waals surface area (Å²) < 4.78 is 0. The van der Waals surface area contributed by atoms with Crippen molar-refractivity contribution in [3.05, 3.63) is 24.3 Å². The Morgan fingerprint density at radius 2 is 1.95 bits per heavy atom. The topological polar surface area (TPSA) is 55.0 Å². The fourth-order valence-electron chi connectivity index (χ4n) is 3.15. The molecule has 0 bridgehead atoms. The Hall–Kier alpha value is -1.00. The van der Waals surface area contributed by atoms with E-state index in [-0.39, 0.29) is 5.54 Å². The van der Waals surface area contributed by atoms with Crippen LogP contribution < -0.4 is 5.73 Å². The number of nitrogens with zero attached hydrogens (tertiary/aromatic N) is 3. The Bertz CT molecular complexity index is 371. The minimum Gasteiger partial charge on any atom is -0.329 e. The lowest BCUT2D eigenvalue weighted by Crippen LogP contribution is -2.55. The molecular weight excluding hydrogens is 236 g/mol. The van der Waals surface area contributed by atoms with Crippen LogP contribution in [0.15, 0.2) is 18.5 Å². The second-order valence-electron chi connectivity index (χ2n) is 5.79. The number of rotatable bonds is 5. The quantitative estimate of drug-likeness (QED) is 0.884. The van der Waals surface area contributed by atoms with Crippen LogP contribution in [0.3, 0.4) is 0 Å². The SMILES string of the molecule is CCN(Cc1ncccn1)C1(CN)CCC(C)CC1. The van der Waals surface area contributed by atoms with Crippen molar-refractivity contribution in [1.29, 1.82) is 0 Å². The van der Waals surface area contributed by atoms with E-state index in [1.165, 1.54) is 25.7 Å². The van der Waals surface area contributed by atoms with E-state index in [1.54, 1.807) is 0 Å². The van der Waals surface area contributed by atoms with E-state index in [4.69, 9.17) is 5.73 Å². The van der Waals surface area contributed by atoms with Crippen LogP contribution in [-0.4, -0.2) is 33.5 Å². The van der Waals surface area contributed by atoms with Crippen molar-refractivity contribution in [2.45, 2.75) is 51.6 Å². The van der Waals surface area contributed by atoms with E-state index in [9.17, 15) is 0 Å². The third-order valence-electron chi connectivity index (χ3n) is 4.59. The van der Waals surface area contributed by atoms with Crippen molar-refractivity contribution >= 4 is 0 Å². The Morgan fingerprint density at radius 1 is 1.32 bits per heavy atom. The molecule has 4 heteroatoms. The van der Waals surface area contributed by atoms with Gasteiger partial charge in [0.2, 0.25) is 0 Å². The van der Waals surface area contributed by atoms with Crippen molar-refractivity contribution in [2.24, 2.45) is 11.7 Å². The summed E-state index contributed by atoms with van der Waals surface area (Å²) in [5.41, 5.74) is 6.28. The van der Waals surface area contributed by atoms with Gasteiger partial charge < -0.3 is 5.73 Å². The smallest absolute Gasteiger partial charge is 0.142 e. The number of aromatic nitrogens is 2. The van der Waals surface area contributed by atoms with Gasteiger partial charge in [0.15, 0.2) is 0 Å². The number of hydrogen-bond donors (Lipinski definition) is 1. The maximum atomic E-state index is 6.13. The number of hydrogen-bond acceptors (Lipinski definition) is 4. The van der Waals surface area contributed by atoms with E-state index < -0.39 is 0 Å². The molecule has 1 aromatic rings. The molecular formula is C15H26N4. The van der Waals surface area contributed by atoms with Crippen molar-refractivity contribution in [1.82, 2.24) is 14.9 Å². The Kier molecular flexibility index (Phi) is 4.88. The van der Waals surface area contributed by atoms with Gasteiger partial charge in [-0.2, -0.15) is 0 Å². The van der Waals surface area contributed by atoms with Gasteiger partial charge in [-0.25, -0.2) is 9.97 Å². The summed E-state index contributed by atoms with van der Waals surface area (Å²) in [5, 5.41) is 0. The molecule has 1 fully saturated rings. The summed E-state index contributed by atoms with van der Waals surface area (Å²) in [6.07, 6.45) is 8.59. The first-order valence-corrected chi connectivity index (χ1v) is 7.41. The highest BCUT2D eigenvalue weighted by Gasteiger charge is 2.37. The van der Waals surface area contributed by atoms with Crippen molar-refractivity contribution in [3.8, 4) is 0 Å². The van der Waals surface area contributed by atoms with Crippen molar-refractivity contribution in [3.63, 3.8) is 0 Å². The molecule has 1 heterocycles. The summed E-state index contributed by atoms with van der Waals surface area (Å²) in [6.45, 7) is 7.10. The maximum Gasteiger partial charge on any atom is 0.142 e. The largest absolute Gasteiger partial charge is 0.329 e. The predicted molar refractivity (Wildman–Crippen MR) is 77.5 cm³/mol. The highest BCUT2D eigenvalue weighted by Crippen LogP contribution is 2.36. The van der Waals surface area contributed by atoms with Crippen LogP contribution in [0.5, 0.6) is 0 Å². The van der Waals surface area contributed by atoms with E-state index in [0.29, 0.717) is 0 Å². The van der Waals surface area contributed by atoms with Crippen LogP contribution in [0.4, 0.5) is 0 Å². The van der Waals surface area contributed by atoms with Gasteiger partial charge in [-0.1, -0.05) is 13.8 Å². The first-order valence-electron chi connectivity index (χ1n) is 7.41. The summed E-state index contributed by atoms with van der Waals surface area (Å²) in [6, 6.07) is 1.86. The van der Waals surface area contributed by atoms with Crippen LogP contribution >= 0.6 is 0 Å². The average molecular weight is 262 g/mol. The minimum absolute atomic E-state index is 0.153. The van der Waals surface area contributed by atoms with Crippen LogP contribution in [0.25, 0.3) is 0 Å². The minimum atomic E-state index is 0.153. The molecule has 0 radical (unpaired) electrons. The van der Waals surface area contributed by atoms with Crippen LogP contribution in [0.2, 0.25) is 0 Å². The molecule has 0 amide bonds. The van der Waals surface area contributed by atoms with Crippen LogP contribution in [0.1, 0.15) is 45.4 Å². The molecule has 0 atom stereocenters. The summed E-state index contributed by atoms with van der Waals surface area (Å²) in [5.74, 6) is 1.74. The maximum absolute atomic E-state index is 6.13. The van der Waals surface area contributed by atoms with Crippen LogP contribution in [-0.2, 0) is 6.54 Å². The third kappa shape index (κ3) is 3.31. The molecule has 1 aromatic heterocycles. The molecule has 2 N–H and O–H groups in total. The van der Waals surface area contributed by atoms with Gasteiger partial charge in [0, 0.05) is 24.5 Å². The first kappa shape index (κ1) is 14.4. The second kappa shape index (κ2) is 6.44. The fraction of sp³-hybridized carbons (Fsp3) is 0.733. The Morgan fingerprint density at radius 3 is 2.47 bits per heavy atom. The van der Waals surface area contributed by atoms with Gasteiger partial charge in [0.1, 0.15) is 5.82 Å². The Balaban J connectivity index is 2.10. The standard InChI is InChI=1S/C15H26N4/c1-3-19(11-14-17-9-4-10-18-14)15(12-16)7-5-13(2)6-8-15/h4,9-10,13H,3,5-8,11-12,16H2,1-2H3. The van der Waals surface area contributed by atoms with Crippen molar-refractivity contribution in [2.75, 3.05) is 13.1 Å². The highest BCUT2D eigenvalue weighted by molar-refractivity contribution is 4.98. The zero-order valence-electron chi connectivity index (χ0n) is 12.2. The monoisotopic (exact) mass is 262 g/mol. The third-order valence-corrected chi connectivity index (χ3v) is 4.59. The normalized spacial score (nSPS) is 27.7. The molecule has 0 aliphatic heterocycles. The zero-order chi connectivity index (χ0) is 13.7. The summed E-state index contributed by atoms with van der Waals surface area (Å²) >= 11 is 0. The molecule has 0 unspecified atom stereocenters.